The smallest absolute Gasteiger partial charge is 0.104 e. The highest BCUT2D eigenvalue weighted by atomic mass is 79.9. The highest BCUT2D eigenvalue weighted by Crippen LogP contribution is 2.24. The van der Waals surface area contributed by atoms with E-state index in [1.165, 1.54) is 0 Å². The van der Waals surface area contributed by atoms with Crippen LogP contribution in [0.25, 0.3) is 0 Å². The SMILES string of the molecule is Cc1nc(CBr)sc1Br. The van der Waals surface area contributed by atoms with Crippen molar-refractivity contribution in [1.29, 1.82) is 0 Å². The molecule has 0 atom stereocenters. The van der Waals surface area contributed by atoms with Gasteiger partial charge in [-0.1, -0.05) is 15.9 Å². The minimum atomic E-state index is 0.851. The number of aryl methyl sites for hydroxylation is 1. The standard InChI is InChI=1S/C5H5Br2NS/c1-3-5(7)9-4(2-6)8-3/h2H2,1H3. The van der Waals surface area contributed by atoms with Crippen LogP contribution in [0.3, 0.4) is 0 Å². The fraction of sp³-hybridized carbons (Fsp3) is 0.400. The molecule has 0 N–H and O–H groups in total. The molecule has 9 heavy (non-hydrogen) atoms. The molecule has 0 radical (unpaired) electrons. The van der Waals surface area contributed by atoms with Crippen LogP contribution in [0.15, 0.2) is 3.79 Å². The Kier molecular flexibility index (Phi) is 2.67. The number of hydrogen-bond acceptors (Lipinski definition) is 2. The van der Waals surface area contributed by atoms with Crippen LogP contribution in [0.2, 0.25) is 0 Å². The van der Waals surface area contributed by atoms with Gasteiger partial charge in [0.2, 0.25) is 0 Å². The Labute approximate surface area is 74.8 Å². The monoisotopic (exact) mass is 269 g/mol. The predicted octanol–water partition coefficient (Wildman–Crippen LogP) is 3.11. The van der Waals surface area contributed by atoms with E-state index in [9.17, 15) is 0 Å². The van der Waals surface area contributed by atoms with Crippen molar-refractivity contribution in [2.24, 2.45) is 0 Å². The van der Waals surface area contributed by atoms with Crippen LogP contribution in [-0.2, 0) is 5.33 Å². The molecular formula is C5H5Br2NS. The first-order valence-electron chi connectivity index (χ1n) is 2.42. The van der Waals surface area contributed by atoms with Crippen molar-refractivity contribution >= 4 is 43.2 Å². The van der Waals surface area contributed by atoms with Gasteiger partial charge in [0.25, 0.3) is 0 Å². The van der Waals surface area contributed by atoms with Gasteiger partial charge < -0.3 is 0 Å². The molecule has 1 aromatic heterocycles. The van der Waals surface area contributed by atoms with Gasteiger partial charge in [-0.05, 0) is 22.9 Å². The molecule has 1 aromatic rings. The van der Waals surface area contributed by atoms with Gasteiger partial charge in [-0.2, -0.15) is 0 Å². The maximum atomic E-state index is 4.25. The number of alkyl halides is 1. The fourth-order valence-electron chi connectivity index (χ4n) is 0.488. The summed E-state index contributed by atoms with van der Waals surface area (Å²) < 4.78 is 1.14. The summed E-state index contributed by atoms with van der Waals surface area (Å²) in [7, 11) is 0. The van der Waals surface area contributed by atoms with Crippen molar-refractivity contribution in [1.82, 2.24) is 4.98 Å². The molecule has 1 nitrogen and oxygen atoms in total. The van der Waals surface area contributed by atoms with Crippen molar-refractivity contribution in [2.75, 3.05) is 0 Å². The van der Waals surface area contributed by atoms with E-state index < -0.39 is 0 Å². The first-order valence-corrected chi connectivity index (χ1v) is 5.15. The van der Waals surface area contributed by atoms with Gasteiger partial charge >= 0.3 is 0 Å². The quantitative estimate of drug-likeness (QED) is 0.715. The molecular weight excluding hydrogens is 266 g/mol. The Bertz CT molecular complexity index is 189. The van der Waals surface area contributed by atoms with Crippen LogP contribution in [-0.4, -0.2) is 4.98 Å². The minimum absolute atomic E-state index is 0.851. The molecule has 0 fully saturated rings. The molecule has 0 spiro atoms. The number of thiazole rings is 1. The molecule has 1 heterocycles. The van der Waals surface area contributed by atoms with Gasteiger partial charge in [-0.3, -0.25) is 0 Å². The van der Waals surface area contributed by atoms with Crippen LogP contribution in [0.5, 0.6) is 0 Å². The zero-order chi connectivity index (χ0) is 6.85. The molecule has 0 aliphatic heterocycles. The van der Waals surface area contributed by atoms with Gasteiger partial charge in [-0.25, -0.2) is 4.98 Å². The van der Waals surface area contributed by atoms with Gasteiger partial charge in [0.05, 0.1) is 14.8 Å². The third kappa shape index (κ3) is 1.75. The molecule has 0 unspecified atom stereocenters. The Balaban J connectivity index is 2.98. The molecule has 0 amide bonds. The highest BCUT2D eigenvalue weighted by molar-refractivity contribution is 9.11. The molecule has 0 saturated heterocycles. The summed E-state index contributed by atoms with van der Waals surface area (Å²) in [5, 5.41) is 1.98. The second-order valence-corrected chi connectivity index (χ2v) is 4.56. The Hall–Kier alpha value is 0.590. The summed E-state index contributed by atoms with van der Waals surface area (Å²) in [5.41, 5.74) is 1.08. The van der Waals surface area contributed by atoms with Crippen molar-refractivity contribution in [3.63, 3.8) is 0 Å². The average molecular weight is 271 g/mol. The first-order chi connectivity index (χ1) is 4.24. The van der Waals surface area contributed by atoms with E-state index in [2.05, 4.69) is 36.8 Å². The van der Waals surface area contributed by atoms with Crippen molar-refractivity contribution in [3.05, 3.63) is 14.5 Å². The van der Waals surface area contributed by atoms with Gasteiger partial charge in [-0.15, -0.1) is 11.3 Å². The number of aromatic nitrogens is 1. The van der Waals surface area contributed by atoms with Crippen molar-refractivity contribution < 1.29 is 0 Å². The van der Waals surface area contributed by atoms with Crippen LogP contribution < -0.4 is 0 Å². The zero-order valence-electron chi connectivity index (χ0n) is 4.82. The Morgan fingerprint density at radius 1 is 1.67 bits per heavy atom. The summed E-state index contributed by atoms with van der Waals surface area (Å²) in [6.07, 6.45) is 0. The van der Waals surface area contributed by atoms with Gasteiger partial charge in [0.1, 0.15) is 5.01 Å². The molecule has 0 saturated carbocycles. The molecule has 50 valence electrons. The normalized spacial score (nSPS) is 10.1. The first kappa shape index (κ1) is 7.69. The van der Waals surface area contributed by atoms with E-state index in [0.29, 0.717) is 0 Å². The molecule has 0 aliphatic carbocycles. The fourth-order valence-corrected chi connectivity index (χ4v) is 2.24. The molecule has 0 bridgehead atoms. The lowest BCUT2D eigenvalue weighted by Crippen LogP contribution is -1.73. The van der Waals surface area contributed by atoms with E-state index in [1.54, 1.807) is 11.3 Å². The van der Waals surface area contributed by atoms with E-state index in [0.717, 1.165) is 19.8 Å². The van der Waals surface area contributed by atoms with Crippen LogP contribution in [0, 0.1) is 6.92 Å². The van der Waals surface area contributed by atoms with E-state index in [-0.39, 0.29) is 0 Å². The Morgan fingerprint density at radius 2 is 2.33 bits per heavy atom. The minimum Gasteiger partial charge on any atom is -0.244 e. The highest BCUT2D eigenvalue weighted by Gasteiger charge is 2.01. The summed E-state index contributed by atoms with van der Waals surface area (Å²) >= 11 is 8.40. The number of nitrogens with zero attached hydrogens (tertiary/aromatic N) is 1. The van der Waals surface area contributed by atoms with Crippen LogP contribution >= 0.6 is 43.2 Å². The topological polar surface area (TPSA) is 12.9 Å². The predicted molar refractivity (Wildman–Crippen MR) is 47.2 cm³/mol. The molecule has 0 aromatic carbocycles. The maximum Gasteiger partial charge on any atom is 0.104 e. The molecule has 0 aliphatic rings. The van der Waals surface area contributed by atoms with E-state index >= 15 is 0 Å². The van der Waals surface area contributed by atoms with Crippen LogP contribution in [0.4, 0.5) is 0 Å². The van der Waals surface area contributed by atoms with Gasteiger partial charge in [0, 0.05) is 0 Å². The summed E-state index contributed by atoms with van der Waals surface area (Å²) in [6, 6.07) is 0. The van der Waals surface area contributed by atoms with Crippen molar-refractivity contribution in [2.45, 2.75) is 12.3 Å². The summed E-state index contributed by atoms with van der Waals surface area (Å²) in [5.74, 6) is 0. The third-order valence-electron chi connectivity index (χ3n) is 0.899. The van der Waals surface area contributed by atoms with E-state index in [4.69, 9.17) is 0 Å². The summed E-state index contributed by atoms with van der Waals surface area (Å²) in [6.45, 7) is 1.99. The van der Waals surface area contributed by atoms with E-state index in [1.807, 2.05) is 6.92 Å². The second kappa shape index (κ2) is 3.12. The lowest BCUT2D eigenvalue weighted by atomic mass is 10.6. The average Bonchev–Trinajstić information content (AvgIpc) is 2.13. The number of halogens is 2. The summed E-state index contributed by atoms with van der Waals surface area (Å²) in [4.78, 5) is 4.25. The lowest BCUT2D eigenvalue weighted by Gasteiger charge is -1.77. The van der Waals surface area contributed by atoms with Crippen LogP contribution in [0.1, 0.15) is 10.7 Å². The number of hydrogen-bond donors (Lipinski definition) is 0. The Morgan fingerprint density at radius 3 is 2.56 bits per heavy atom. The maximum absolute atomic E-state index is 4.25. The largest absolute Gasteiger partial charge is 0.244 e. The zero-order valence-corrected chi connectivity index (χ0v) is 8.81. The third-order valence-corrected chi connectivity index (χ3v) is 3.81. The van der Waals surface area contributed by atoms with Gasteiger partial charge in [0.15, 0.2) is 0 Å². The lowest BCUT2D eigenvalue weighted by molar-refractivity contribution is 1.18. The number of rotatable bonds is 1. The van der Waals surface area contributed by atoms with Crippen molar-refractivity contribution in [3.8, 4) is 0 Å². The molecule has 1 rings (SSSR count). The second-order valence-electron chi connectivity index (χ2n) is 1.60. The molecule has 4 heteroatoms.